The molecule has 0 radical (unpaired) electrons. The minimum atomic E-state index is -0.251. The van der Waals surface area contributed by atoms with Gasteiger partial charge in [0.2, 0.25) is 5.91 Å². The number of rotatable bonds is 3. The number of fused-ring (bicyclic) bond motifs is 1. The highest BCUT2D eigenvalue weighted by molar-refractivity contribution is 5.98. The summed E-state index contributed by atoms with van der Waals surface area (Å²) >= 11 is 0. The number of morpholine rings is 1. The van der Waals surface area contributed by atoms with Crippen LogP contribution in [0.3, 0.4) is 0 Å². The van der Waals surface area contributed by atoms with Crippen molar-refractivity contribution in [2.75, 3.05) is 38.2 Å². The third-order valence-electron chi connectivity index (χ3n) is 4.93. The first-order valence-corrected chi connectivity index (χ1v) is 9.19. The van der Waals surface area contributed by atoms with Crippen LogP contribution in [0.5, 0.6) is 5.75 Å². The highest BCUT2D eigenvalue weighted by atomic mass is 16.5. The SMILES string of the molecule is O=C(Nc1cccc(C(=O)N2CCOCC2)c1)C1COc2ccccc2C1. The molecule has 0 bridgehead atoms. The Morgan fingerprint density at radius 2 is 1.85 bits per heavy atom. The molecule has 140 valence electrons. The van der Waals surface area contributed by atoms with E-state index in [1.165, 1.54) is 0 Å². The monoisotopic (exact) mass is 366 g/mol. The lowest BCUT2D eigenvalue weighted by atomic mass is 9.96. The summed E-state index contributed by atoms with van der Waals surface area (Å²) in [5, 5.41) is 2.93. The van der Waals surface area contributed by atoms with Gasteiger partial charge in [0, 0.05) is 24.3 Å². The van der Waals surface area contributed by atoms with E-state index in [4.69, 9.17) is 9.47 Å². The van der Waals surface area contributed by atoms with Crippen molar-refractivity contribution in [1.82, 2.24) is 4.90 Å². The molecular formula is C21H22N2O4. The van der Waals surface area contributed by atoms with E-state index in [1.54, 1.807) is 29.2 Å². The van der Waals surface area contributed by atoms with Crippen LogP contribution in [0.4, 0.5) is 5.69 Å². The molecule has 6 heteroatoms. The van der Waals surface area contributed by atoms with E-state index in [9.17, 15) is 9.59 Å². The fourth-order valence-electron chi connectivity index (χ4n) is 3.42. The molecule has 2 aromatic carbocycles. The van der Waals surface area contributed by atoms with Gasteiger partial charge in [-0.1, -0.05) is 24.3 Å². The molecule has 2 heterocycles. The van der Waals surface area contributed by atoms with Gasteiger partial charge in [-0.3, -0.25) is 9.59 Å². The van der Waals surface area contributed by atoms with Crippen molar-refractivity contribution in [2.45, 2.75) is 6.42 Å². The number of hydrogen-bond acceptors (Lipinski definition) is 4. The Labute approximate surface area is 158 Å². The fraction of sp³-hybridized carbons (Fsp3) is 0.333. The number of hydrogen-bond donors (Lipinski definition) is 1. The first kappa shape index (κ1) is 17.5. The minimum absolute atomic E-state index is 0.0377. The largest absolute Gasteiger partial charge is 0.492 e. The first-order valence-electron chi connectivity index (χ1n) is 9.19. The lowest BCUT2D eigenvalue weighted by Gasteiger charge is -2.27. The maximum atomic E-state index is 12.7. The van der Waals surface area contributed by atoms with Crippen molar-refractivity contribution in [1.29, 1.82) is 0 Å². The molecule has 1 unspecified atom stereocenters. The Morgan fingerprint density at radius 3 is 2.70 bits per heavy atom. The third-order valence-corrected chi connectivity index (χ3v) is 4.93. The summed E-state index contributed by atoms with van der Waals surface area (Å²) < 4.78 is 11.0. The average Bonchev–Trinajstić information content (AvgIpc) is 2.73. The number of benzene rings is 2. The number of carbonyl (C=O) groups is 2. The fourth-order valence-corrected chi connectivity index (χ4v) is 3.42. The maximum absolute atomic E-state index is 12.7. The number of amides is 2. The van der Waals surface area contributed by atoms with Gasteiger partial charge in [-0.05, 0) is 36.2 Å². The second-order valence-electron chi connectivity index (χ2n) is 6.79. The van der Waals surface area contributed by atoms with Gasteiger partial charge in [-0.25, -0.2) is 0 Å². The van der Waals surface area contributed by atoms with Crippen LogP contribution in [-0.4, -0.2) is 49.6 Å². The third kappa shape index (κ3) is 3.95. The number of nitrogens with zero attached hydrogens (tertiary/aromatic N) is 1. The van der Waals surface area contributed by atoms with Crippen LogP contribution in [0.1, 0.15) is 15.9 Å². The quantitative estimate of drug-likeness (QED) is 0.905. The molecule has 2 aliphatic rings. The van der Waals surface area contributed by atoms with Crippen LogP contribution in [0, 0.1) is 5.92 Å². The van der Waals surface area contributed by atoms with Crippen molar-refractivity contribution in [3.8, 4) is 5.75 Å². The summed E-state index contributed by atoms with van der Waals surface area (Å²) in [6.45, 7) is 2.66. The van der Waals surface area contributed by atoms with Crippen molar-refractivity contribution >= 4 is 17.5 Å². The summed E-state index contributed by atoms with van der Waals surface area (Å²) in [4.78, 5) is 27.0. The molecule has 1 fully saturated rings. The van der Waals surface area contributed by atoms with Gasteiger partial charge < -0.3 is 19.7 Å². The summed E-state index contributed by atoms with van der Waals surface area (Å²) in [7, 11) is 0. The zero-order chi connectivity index (χ0) is 18.6. The average molecular weight is 366 g/mol. The maximum Gasteiger partial charge on any atom is 0.254 e. The molecule has 2 amide bonds. The van der Waals surface area contributed by atoms with E-state index in [-0.39, 0.29) is 17.7 Å². The Bertz CT molecular complexity index is 846. The predicted molar refractivity (Wildman–Crippen MR) is 101 cm³/mol. The number of ether oxygens (including phenoxy) is 2. The van der Waals surface area contributed by atoms with Gasteiger partial charge in [-0.15, -0.1) is 0 Å². The van der Waals surface area contributed by atoms with Crippen LogP contribution >= 0.6 is 0 Å². The highest BCUT2D eigenvalue weighted by Crippen LogP contribution is 2.27. The second kappa shape index (κ2) is 7.80. The summed E-state index contributed by atoms with van der Waals surface area (Å²) in [5.41, 5.74) is 2.23. The van der Waals surface area contributed by atoms with E-state index in [2.05, 4.69) is 5.32 Å². The highest BCUT2D eigenvalue weighted by Gasteiger charge is 2.26. The van der Waals surface area contributed by atoms with Crippen molar-refractivity contribution in [3.63, 3.8) is 0 Å². The van der Waals surface area contributed by atoms with Gasteiger partial charge in [0.05, 0.1) is 19.1 Å². The second-order valence-corrected chi connectivity index (χ2v) is 6.79. The molecule has 4 rings (SSSR count). The van der Waals surface area contributed by atoms with Gasteiger partial charge in [0.1, 0.15) is 12.4 Å². The minimum Gasteiger partial charge on any atom is -0.492 e. The van der Waals surface area contributed by atoms with E-state index in [1.807, 2.05) is 24.3 Å². The lowest BCUT2D eigenvalue weighted by Crippen LogP contribution is -2.40. The van der Waals surface area contributed by atoms with Crippen LogP contribution in [0.25, 0.3) is 0 Å². The Morgan fingerprint density at radius 1 is 1.04 bits per heavy atom. The van der Waals surface area contributed by atoms with Crippen LogP contribution in [-0.2, 0) is 16.0 Å². The number of para-hydroxylation sites is 1. The molecule has 0 spiro atoms. The topological polar surface area (TPSA) is 67.9 Å². The smallest absolute Gasteiger partial charge is 0.254 e. The molecule has 0 saturated carbocycles. The molecule has 1 saturated heterocycles. The first-order chi connectivity index (χ1) is 13.2. The van der Waals surface area contributed by atoms with Crippen LogP contribution < -0.4 is 10.1 Å². The molecule has 6 nitrogen and oxygen atoms in total. The summed E-state index contributed by atoms with van der Waals surface area (Å²) in [6, 6.07) is 14.9. The Balaban J connectivity index is 1.42. The van der Waals surface area contributed by atoms with Gasteiger partial charge in [-0.2, -0.15) is 0 Å². The molecule has 1 N–H and O–H groups in total. The van der Waals surface area contributed by atoms with E-state index in [0.29, 0.717) is 50.6 Å². The van der Waals surface area contributed by atoms with Gasteiger partial charge in [0.15, 0.2) is 0 Å². The molecule has 1 atom stereocenters. The number of nitrogens with one attached hydrogen (secondary N) is 1. The predicted octanol–water partition coefficient (Wildman–Crippen LogP) is 2.35. The Kier molecular flexibility index (Phi) is 5.07. The summed E-state index contributed by atoms with van der Waals surface area (Å²) in [6.07, 6.45) is 0.647. The van der Waals surface area contributed by atoms with Gasteiger partial charge in [0.25, 0.3) is 5.91 Å². The standard InChI is InChI=1S/C21H22N2O4/c24-20(17-12-15-4-1-2-7-19(15)27-14-17)22-18-6-3-5-16(13-18)21(25)23-8-10-26-11-9-23/h1-7,13,17H,8-12,14H2,(H,22,24). The molecule has 2 aromatic rings. The van der Waals surface area contributed by atoms with Crippen molar-refractivity contribution in [2.24, 2.45) is 5.92 Å². The molecule has 27 heavy (non-hydrogen) atoms. The van der Waals surface area contributed by atoms with Gasteiger partial charge >= 0.3 is 0 Å². The van der Waals surface area contributed by atoms with Crippen molar-refractivity contribution < 1.29 is 19.1 Å². The van der Waals surface area contributed by atoms with E-state index in [0.717, 1.165) is 11.3 Å². The zero-order valence-corrected chi connectivity index (χ0v) is 15.0. The van der Waals surface area contributed by atoms with E-state index < -0.39 is 0 Å². The molecule has 0 aliphatic carbocycles. The lowest BCUT2D eigenvalue weighted by molar-refractivity contribution is -0.121. The normalized spacial score (nSPS) is 19.0. The Hall–Kier alpha value is -2.86. The van der Waals surface area contributed by atoms with Crippen LogP contribution in [0.15, 0.2) is 48.5 Å². The molecule has 0 aromatic heterocycles. The molecular weight excluding hydrogens is 344 g/mol. The van der Waals surface area contributed by atoms with Crippen molar-refractivity contribution in [3.05, 3.63) is 59.7 Å². The number of carbonyl (C=O) groups excluding carboxylic acids is 2. The van der Waals surface area contributed by atoms with E-state index >= 15 is 0 Å². The summed E-state index contributed by atoms with van der Waals surface area (Å²) in [5.74, 6) is 0.461. The zero-order valence-electron chi connectivity index (χ0n) is 15.0. The molecule has 2 aliphatic heterocycles. The van der Waals surface area contributed by atoms with Crippen LogP contribution in [0.2, 0.25) is 0 Å². The number of anilines is 1.